The largest absolute Gasteiger partial charge is 0.465 e. The van der Waals surface area contributed by atoms with E-state index < -0.39 is 11.7 Å². The number of alkyl carbamates (subject to hydrolysis) is 1. The third-order valence-corrected chi connectivity index (χ3v) is 4.97. The van der Waals surface area contributed by atoms with Gasteiger partial charge in [-0.1, -0.05) is 44.2 Å². The summed E-state index contributed by atoms with van der Waals surface area (Å²) in [6.45, 7) is 11.3. The van der Waals surface area contributed by atoms with Crippen LogP contribution in [-0.4, -0.2) is 36.9 Å². The van der Waals surface area contributed by atoms with Crippen molar-refractivity contribution in [2.24, 2.45) is 11.3 Å². The Bertz CT molecular complexity index is 666. The molecule has 0 aromatic heterocycles. The number of esters is 1. The van der Waals surface area contributed by atoms with Crippen LogP contribution in [0.5, 0.6) is 0 Å². The van der Waals surface area contributed by atoms with E-state index in [-0.39, 0.29) is 23.3 Å². The summed E-state index contributed by atoms with van der Waals surface area (Å²) < 4.78 is 16.4. The molecule has 6 nitrogen and oxygen atoms in total. The highest BCUT2D eigenvalue weighted by molar-refractivity contribution is 5.76. The van der Waals surface area contributed by atoms with Gasteiger partial charge in [-0.15, -0.1) is 0 Å². The number of rotatable bonds is 9. The summed E-state index contributed by atoms with van der Waals surface area (Å²) >= 11 is 0. The maximum absolute atomic E-state index is 12.3. The molecule has 2 unspecified atom stereocenters. The van der Waals surface area contributed by atoms with E-state index in [0.29, 0.717) is 32.7 Å². The van der Waals surface area contributed by atoms with Gasteiger partial charge in [0.05, 0.1) is 19.1 Å². The molecule has 162 valence electrons. The van der Waals surface area contributed by atoms with Crippen molar-refractivity contribution in [2.75, 3.05) is 13.2 Å². The summed E-state index contributed by atoms with van der Waals surface area (Å²) in [6, 6.07) is 9.73. The summed E-state index contributed by atoms with van der Waals surface area (Å²) in [5, 5.41) is 2.92. The van der Waals surface area contributed by atoms with Crippen LogP contribution in [0.15, 0.2) is 30.3 Å². The molecule has 1 N–H and O–H groups in total. The molecule has 0 aliphatic carbocycles. The van der Waals surface area contributed by atoms with Gasteiger partial charge >= 0.3 is 12.1 Å². The fraction of sp³-hybridized carbons (Fsp3) is 0.652. The van der Waals surface area contributed by atoms with Crippen molar-refractivity contribution in [3.8, 4) is 0 Å². The molecule has 1 aromatic carbocycles. The van der Waals surface area contributed by atoms with E-state index in [4.69, 9.17) is 14.2 Å². The topological polar surface area (TPSA) is 73.9 Å². The second kappa shape index (κ2) is 10.1. The first-order valence-corrected chi connectivity index (χ1v) is 10.3. The zero-order chi connectivity index (χ0) is 21.5. The number of cyclic esters (lactones) is 1. The van der Waals surface area contributed by atoms with Crippen LogP contribution in [0.25, 0.3) is 0 Å². The average Bonchev–Trinajstić information content (AvgIpc) is 3.03. The fourth-order valence-electron chi connectivity index (χ4n) is 3.44. The van der Waals surface area contributed by atoms with E-state index in [0.717, 1.165) is 12.0 Å². The van der Waals surface area contributed by atoms with E-state index in [9.17, 15) is 9.59 Å². The third kappa shape index (κ3) is 8.44. The van der Waals surface area contributed by atoms with Gasteiger partial charge in [0.1, 0.15) is 5.60 Å². The van der Waals surface area contributed by atoms with E-state index in [1.165, 1.54) is 0 Å². The number of benzene rings is 1. The highest BCUT2D eigenvalue weighted by atomic mass is 16.6. The second-order valence-electron chi connectivity index (χ2n) is 9.47. The molecule has 2 atom stereocenters. The number of hydrogen-bond acceptors (Lipinski definition) is 5. The zero-order valence-corrected chi connectivity index (χ0v) is 18.3. The van der Waals surface area contributed by atoms with Crippen molar-refractivity contribution in [1.82, 2.24) is 5.32 Å². The molecule has 1 fully saturated rings. The van der Waals surface area contributed by atoms with Gasteiger partial charge in [0.15, 0.2) is 0 Å². The Kier molecular flexibility index (Phi) is 8.08. The van der Waals surface area contributed by atoms with Crippen LogP contribution in [0.1, 0.15) is 59.4 Å². The van der Waals surface area contributed by atoms with E-state index in [2.05, 4.69) is 19.2 Å². The molecule has 1 aliphatic rings. The molecule has 1 aliphatic heterocycles. The van der Waals surface area contributed by atoms with Crippen LogP contribution < -0.4 is 5.32 Å². The summed E-state index contributed by atoms with van der Waals surface area (Å²) in [5.74, 6) is -0.589. The minimum atomic E-state index is -0.592. The predicted octanol–water partition coefficient (Wildman–Crippen LogP) is 4.47. The van der Waals surface area contributed by atoms with Crippen LogP contribution in [0.3, 0.4) is 0 Å². The number of carbonyl (C=O) groups is 2. The molecule has 1 heterocycles. The molecular weight excluding hydrogens is 370 g/mol. The zero-order valence-electron chi connectivity index (χ0n) is 18.3. The van der Waals surface area contributed by atoms with Crippen LogP contribution in [0, 0.1) is 11.3 Å². The van der Waals surface area contributed by atoms with E-state index in [1.807, 2.05) is 51.1 Å². The van der Waals surface area contributed by atoms with Gasteiger partial charge in [0, 0.05) is 12.6 Å². The summed E-state index contributed by atoms with van der Waals surface area (Å²) in [4.78, 5) is 24.5. The molecule has 2 rings (SSSR count). The predicted molar refractivity (Wildman–Crippen MR) is 111 cm³/mol. The first-order valence-electron chi connectivity index (χ1n) is 10.3. The van der Waals surface area contributed by atoms with Crippen LogP contribution in [0.4, 0.5) is 4.79 Å². The lowest BCUT2D eigenvalue weighted by Crippen LogP contribution is -2.46. The number of nitrogens with one attached hydrogen (secondary N) is 1. The molecular formula is C23H35NO5. The van der Waals surface area contributed by atoms with Crippen molar-refractivity contribution >= 4 is 12.1 Å². The van der Waals surface area contributed by atoms with Gasteiger partial charge in [-0.2, -0.15) is 0 Å². The second-order valence-corrected chi connectivity index (χ2v) is 9.47. The van der Waals surface area contributed by atoms with E-state index >= 15 is 0 Å². The Labute approximate surface area is 174 Å². The fourth-order valence-corrected chi connectivity index (χ4v) is 3.44. The number of carbonyl (C=O) groups excluding carboxylic acids is 2. The van der Waals surface area contributed by atoms with Crippen molar-refractivity contribution in [3.63, 3.8) is 0 Å². The first kappa shape index (κ1) is 23.2. The maximum atomic E-state index is 12.3. The van der Waals surface area contributed by atoms with Gasteiger partial charge in [-0.25, -0.2) is 4.79 Å². The summed E-state index contributed by atoms with van der Waals surface area (Å²) in [6.07, 6.45) is 1.56. The van der Waals surface area contributed by atoms with Crippen molar-refractivity contribution in [3.05, 3.63) is 35.9 Å². The number of hydrogen-bond donors (Lipinski definition) is 1. The SMILES string of the molecule is CC(C)(CCOCc1ccccc1)CC(NC(=O)OC(C)(C)C)C1CCOC1=O. The lowest BCUT2D eigenvalue weighted by molar-refractivity contribution is -0.142. The standard InChI is InChI=1S/C23H35NO5/c1-22(2,3)29-21(26)24-19(18-11-13-28-20(18)25)15-23(4,5)12-14-27-16-17-9-7-6-8-10-17/h6-10,18-19H,11-16H2,1-5H3,(H,24,26). The molecule has 1 aromatic rings. The smallest absolute Gasteiger partial charge is 0.407 e. The first-order chi connectivity index (χ1) is 13.6. The lowest BCUT2D eigenvalue weighted by Gasteiger charge is -2.32. The number of ether oxygens (including phenoxy) is 3. The minimum absolute atomic E-state index is 0.126. The van der Waals surface area contributed by atoms with Gasteiger partial charge in [0.25, 0.3) is 0 Å². The Morgan fingerprint density at radius 3 is 2.48 bits per heavy atom. The molecule has 1 amide bonds. The Morgan fingerprint density at radius 1 is 1.21 bits per heavy atom. The summed E-state index contributed by atoms with van der Waals surface area (Å²) in [5.41, 5.74) is 0.425. The van der Waals surface area contributed by atoms with Crippen molar-refractivity contribution in [1.29, 1.82) is 0 Å². The Morgan fingerprint density at radius 2 is 1.90 bits per heavy atom. The normalized spacial score (nSPS) is 18.2. The van der Waals surface area contributed by atoms with Crippen molar-refractivity contribution < 1.29 is 23.8 Å². The molecule has 0 bridgehead atoms. The van der Waals surface area contributed by atoms with Crippen LogP contribution >= 0.6 is 0 Å². The van der Waals surface area contributed by atoms with E-state index in [1.54, 1.807) is 0 Å². The van der Waals surface area contributed by atoms with Gasteiger partial charge in [0.2, 0.25) is 0 Å². The average molecular weight is 406 g/mol. The molecule has 0 saturated carbocycles. The minimum Gasteiger partial charge on any atom is -0.465 e. The lowest BCUT2D eigenvalue weighted by atomic mass is 9.79. The quantitative estimate of drug-likeness (QED) is 0.485. The summed E-state index contributed by atoms with van der Waals surface area (Å²) in [7, 11) is 0. The van der Waals surface area contributed by atoms with Crippen LogP contribution in [-0.2, 0) is 25.6 Å². The van der Waals surface area contributed by atoms with Crippen molar-refractivity contribution in [2.45, 2.75) is 72.1 Å². The molecule has 0 radical (unpaired) electrons. The third-order valence-electron chi connectivity index (χ3n) is 4.97. The molecule has 0 spiro atoms. The molecule has 1 saturated heterocycles. The Hall–Kier alpha value is -2.08. The molecule has 6 heteroatoms. The monoisotopic (exact) mass is 405 g/mol. The van der Waals surface area contributed by atoms with Gasteiger partial charge in [-0.3, -0.25) is 4.79 Å². The molecule has 29 heavy (non-hydrogen) atoms. The highest BCUT2D eigenvalue weighted by Crippen LogP contribution is 2.32. The van der Waals surface area contributed by atoms with Crippen LogP contribution in [0.2, 0.25) is 0 Å². The van der Waals surface area contributed by atoms with Gasteiger partial charge in [-0.05, 0) is 51.0 Å². The Balaban J connectivity index is 1.91. The van der Waals surface area contributed by atoms with Gasteiger partial charge < -0.3 is 19.5 Å². The highest BCUT2D eigenvalue weighted by Gasteiger charge is 2.38. The maximum Gasteiger partial charge on any atom is 0.407 e. The number of amides is 1.